The predicted octanol–water partition coefficient (Wildman–Crippen LogP) is 0.963. The van der Waals surface area contributed by atoms with Crippen LogP contribution in [0, 0.1) is 0 Å². The van der Waals surface area contributed by atoms with E-state index in [0.29, 0.717) is 0 Å². The molecule has 0 rings (SSSR count). The smallest absolute Gasteiger partial charge is 0.239 e. The van der Waals surface area contributed by atoms with E-state index in [0.717, 1.165) is 0 Å². The normalized spacial score (nSPS) is 5.20. The SMILES string of the molecule is O=C(S)S.[Ag]. The van der Waals surface area contributed by atoms with Crippen molar-refractivity contribution < 1.29 is 27.2 Å². The number of rotatable bonds is 0. The summed E-state index contributed by atoms with van der Waals surface area (Å²) in [5.74, 6) is 0. The molecule has 35 valence electrons. The molecule has 0 N–H and O–H groups in total. The summed E-state index contributed by atoms with van der Waals surface area (Å²) in [4.78, 5) is 9.17. The first-order valence-corrected chi connectivity index (χ1v) is 1.55. The second kappa shape index (κ2) is 5.11. The van der Waals surface area contributed by atoms with Crippen molar-refractivity contribution in [2.75, 3.05) is 0 Å². The average Bonchev–Trinajstić information content (AvgIpc) is 0.811. The van der Waals surface area contributed by atoms with Crippen molar-refractivity contribution in [3.63, 3.8) is 0 Å². The Morgan fingerprint density at radius 3 is 1.40 bits per heavy atom. The fraction of sp³-hybridized carbons (Fsp3) is 0. The van der Waals surface area contributed by atoms with Crippen molar-refractivity contribution in [1.29, 1.82) is 0 Å². The third kappa shape index (κ3) is 40.1. The van der Waals surface area contributed by atoms with Crippen LogP contribution in [0.4, 0.5) is 4.79 Å². The summed E-state index contributed by atoms with van der Waals surface area (Å²) in [7, 11) is 0. The van der Waals surface area contributed by atoms with Gasteiger partial charge in [-0.2, -0.15) is 0 Å². The van der Waals surface area contributed by atoms with E-state index in [2.05, 4.69) is 25.3 Å². The van der Waals surface area contributed by atoms with E-state index in [9.17, 15) is 4.79 Å². The first kappa shape index (κ1) is 9.45. The van der Waals surface area contributed by atoms with Gasteiger partial charge in [0.1, 0.15) is 0 Å². The predicted molar refractivity (Wildman–Crippen MR) is 23.4 cm³/mol. The number of hydrogen-bond donors (Lipinski definition) is 2. The van der Waals surface area contributed by atoms with Crippen LogP contribution in [0.5, 0.6) is 0 Å². The average molecular weight is 202 g/mol. The van der Waals surface area contributed by atoms with Gasteiger partial charge in [0.05, 0.1) is 0 Å². The van der Waals surface area contributed by atoms with Gasteiger partial charge >= 0.3 is 0 Å². The summed E-state index contributed by atoms with van der Waals surface area (Å²) in [5, 5.41) is 0. The maximum Gasteiger partial charge on any atom is 0.239 e. The fourth-order valence-electron chi connectivity index (χ4n) is 0. The Hall–Kier alpha value is 1.11. The van der Waals surface area contributed by atoms with Crippen LogP contribution in [0.2, 0.25) is 0 Å². The van der Waals surface area contributed by atoms with Gasteiger partial charge in [-0.1, -0.05) is 25.3 Å². The third-order valence-electron chi connectivity index (χ3n) is 0. The van der Waals surface area contributed by atoms with Crippen molar-refractivity contribution in [2.24, 2.45) is 0 Å². The van der Waals surface area contributed by atoms with Gasteiger partial charge in [0.15, 0.2) is 0 Å². The Balaban J connectivity index is 0. The molecule has 0 aliphatic heterocycles. The van der Waals surface area contributed by atoms with Gasteiger partial charge in [-0.25, -0.2) is 0 Å². The van der Waals surface area contributed by atoms with Gasteiger partial charge in [0.25, 0.3) is 0 Å². The topological polar surface area (TPSA) is 17.1 Å². The molecular weight excluding hydrogens is 200 g/mol. The third-order valence-corrected chi connectivity index (χ3v) is 0. The summed E-state index contributed by atoms with van der Waals surface area (Å²) in [5.41, 5.74) is 0. The number of carbonyl (C=O) groups excluding carboxylic acids is 1. The summed E-state index contributed by atoms with van der Waals surface area (Å²) in [6, 6.07) is 0. The number of carbonyl (C=O) groups is 1. The van der Waals surface area contributed by atoms with E-state index in [1.165, 1.54) is 0 Å². The largest absolute Gasteiger partial charge is 0.275 e. The molecule has 0 aromatic rings. The minimum atomic E-state index is -0.444. The van der Waals surface area contributed by atoms with Crippen LogP contribution in [-0.4, -0.2) is 4.45 Å². The molecule has 0 saturated heterocycles. The second-order valence-corrected chi connectivity index (χ2v) is 1.45. The van der Waals surface area contributed by atoms with E-state index >= 15 is 0 Å². The zero-order valence-electron chi connectivity index (χ0n) is 2.10. The quantitative estimate of drug-likeness (QED) is 0.442. The van der Waals surface area contributed by atoms with E-state index in [4.69, 9.17) is 0 Å². The molecule has 0 unspecified atom stereocenters. The van der Waals surface area contributed by atoms with E-state index in [-0.39, 0.29) is 22.4 Å². The van der Waals surface area contributed by atoms with E-state index in [1.807, 2.05) is 0 Å². The molecule has 0 aliphatic carbocycles. The summed E-state index contributed by atoms with van der Waals surface area (Å²) >= 11 is 6.38. The maximum atomic E-state index is 9.17. The van der Waals surface area contributed by atoms with Crippen molar-refractivity contribution in [1.82, 2.24) is 0 Å². The molecule has 5 heavy (non-hydrogen) atoms. The van der Waals surface area contributed by atoms with Crippen LogP contribution < -0.4 is 0 Å². The number of hydrogen-bond acceptors (Lipinski definition) is 1. The molecule has 0 aromatic carbocycles. The zero-order chi connectivity index (χ0) is 3.58. The van der Waals surface area contributed by atoms with E-state index < -0.39 is 4.45 Å². The molecule has 4 heteroatoms. The van der Waals surface area contributed by atoms with Crippen molar-refractivity contribution >= 4 is 29.7 Å². The molecule has 0 aliphatic rings. The summed E-state index contributed by atoms with van der Waals surface area (Å²) < 4.78 is -0.444. The van der Waals surface area contributed by atoms with Gasteiger partial charge in [-0.3, -0.25) is 4.79 Å². The zero-order valence-corrected chi connectivity index (χ0v) is 5.38. The van der Waals surface area contributed by atoms with Gasteiger partial charge in [-0.15, -0.1) is 0 Å². The van der Waals surface area contributed by atoms with Gasteiger partial charge < -0.3 is 0 Å². The van der Waals surface area contributed by atoms with Gasteiger partial charge in [0.2, 0.25) is 4.45 Å². The molecule has 0 amide bonds. The fourth-order valence-corrected chi connectivity index (χ4v) is 0. The Labute approximate surface area is 56.8 Å². The van der Waals surface area contributed by atoms with Crippen LogP contribution in [0.3, 0.4) is 0 Å². The minimum absolute atomic E-state index is 0. The molecule has 1 radical (unpaired) electrons. The van der Waals surface area contributed by atoms with Crippen LogP contribution in [0.25, 0.3) is 0 Å². The molecule has 0 fully saturated rings. The van der Waals surface area contributed by atoms with E-state index in [1.54, 1.807) is 0 Å². The van der Waals surface area contributed by atoms with Gasteiger partial charge in [0, 0.05) is 22.4 Å². The van der Waals surface area contributed by atoms with Crippen molar-refractivity contribution in [3.8, 4) is 0 Å². The molecule has 0 spiro atoms. The second-order valence-electron chi connectivity index (χ2n) is 0.283. The summed E-state index contributed by atoms with van der Waals surface area (Å²) in [6.07, 6.45) is 0. The number of thiol groups is 2. The molecular formula is CH2AgOS2. The maximum absolute atomic E-state index is 9.17. The van der Waals surface area contributed by atoms with Crippen molar-refractivity contribution in [3.05, 3.63) is 0 Å². The molecule has 0 aromatic heterocycles. The minimum Gasteiger partial charge on any atom is -0.275 e. The Bertz CT molecular complexity index is 32.6. The molecule has 0 bridgehead atoms. The Kier molecular flexibility index (Phi) is 9.65. The monoisotopic (exact) mass is 201 g/mol. The van der Waals surface area contributed by atoms with Crippen LogP contribution in [0.1, 0.15) is 0 Å². The van der Waals surface area contributed by atoms with Crippen LogP contribution >= 0.6 is 25.3 Å². The summed E-state index contributed by atoms with van der Waals surface area (Å²) in [6.45, 7) is 0. The standard InChI is InChI=1S/CH2OS2.Ag/c2-1(3)4;/h(H2,2,3,4);. The molecule has 0 heterocycles. The molecule has 0 saturated carbocycles. The molecule has 0 atom stereocenters. The van der Waals surface area contributed by atoms with Crippen molar-refractivity contribution in [2.45, 2.75) is 0 Å². The Morgan fingerprint density at radius 2 is 1.40 bits per heavy atom. The molecule has 1 nitrogen and oxygen atoms in total. The Morgan fingerprint density at radius 1 is 1.40 bits per heavy atom. The van der Waals surface area contributed by atoms with Gasteiger partial charge in [-0.05, 0) is 0 Å². The van der Waals surface area contributed by atoms with Crippen LogP contribution in [-0.2, 0) is 22.4 Å². The first-order valence-electron chi connectivity index (χ1n) is 0.651. The van der Waals surface area contributed by atoms with Crippen LogP contribution in [0.15, 0.2) is 0 Å². The first-order chi connectivity index (χ1) is 1.73.